The van der Waals surface area contributed by atoms with E-state index in [1.165, 1.54) is 17.8 Å². The Bertz CT molecular complexity index is 700. The topological polar surface area (TPSA) is 89.5 Å². The van der Waals surface area contributed by atoms with Crippen LogP contribution in [0, 0.1) is 18.3 Å². The van der Waals surface area contributed by atoms with Crippen molar-refractivity contribution in [1.82, 2.24) is 14.6 Å². The summed E-state index contributed by atoms with van der Waals surface area (Å²) in [7, 11) is 1.52. The molecule has 0 aromatic carbocycles. The van der Waals surface area contributed by atoms with Crippen molar-refractivity contribution < 1.29 is 14.3 Å². The Morgan fingerprint density at radius 2 is 2.30 bits per heavy atom. The van der Waals surface area contributed by atoms with Crippen LogP contribution < -0.4 is 0 Å². The van der Waals surface area contributed by atoms with Gasteiger partial charge in [-0.2, -0.15) is 10.4 Å². The molecule has 2 aromatic heterocycles. The van der Waals surface area contributed by atoms with Gasteiger partial charge >= 0.3 is 5.97 Å². The van der Waals surface area contributed by atoms with Crippen molar-refractivity contribution in [1.29, 1.82) is 5.26 Å². The summed E-state index contributed by atoms with van der Waals surface area (Å²) in [5.74, 6) is -0.486. The summed E-state index contributed by atoms with van der Waals surface area (Å²) in [6.07, 6.45) is 1.39. The van der Waals surface area contributed by atoms with Crippen LogP contribution in [-0.2, 0) is 16.1 Å². The Kier molecular flexibility index (Phi) is 3.96. The van der Waals surface area contributed by atoms with Gasteiger partial charge < -0.3 is 9.47 Å². The third-order valence-electron chi connectivity index (χ3n) is 2.81. The van der Waals surface area contributed by atoms with Crippen molar-refractivity contribution in [3.63, 3.8) is 0 Å². The van der Waals surface area contributed by atoms with Crippen LogP contribution >= 0.6 is 0 Å². The molecular weight excluding hydrogens is 260 g/mol. The van der Waals surface area contributed by atoms with Gasteiger partial charge in [0.25, 0.3) is 0 Å². The van der Waals surface area contributed by atoms with Crippen LogP contribution in [0.3, 0.4) is 0 Å². The van der Waals surface area contributed by atoms with Crippen LogP contribution in [0.2, 0.25) is 0 Å². The summed E-state index contributed by atoms with van der Waals surface area (Å²) in [4.78, 5) is 16.1. The number of carbonyl (C=O) groups excluding carboxylic acids is 1. The van der Waals surface area contributed by atoms with E-state index >= 15 is 0 Å². The number of rotatable bonds is 4. The van der Waals surface area contributed by atoms with Crippen molar-refractivity contribution >= 4 is 11.6 Å². The zero-order chi connectivity index (χ0) is 14.7. The smallest absolute Gasteiger partial charge is 0.341 e. The van der Waals surface area contributed by atoms with Gasteiger partial charge in [0.15, 0.2) is 5.65 Å². The van der Waals surface area contributed by atoms with Gasteiger partial charge in [-0.15, -0.1) is 0 Å². The van der Waals surface area contributed by atoms with Crippen LogP contribution in [0.4, 0.5) is 0 Å². The minimum atomic E-state index is -0.486. The number of methoxy groups -OCH3 is 1. The molecule has 0 amide bonds. The van der Waals surface area contributed by atoms with Crippen molar-refractivity contribution in [2.75, 3.05) is 13.7 Å². The standard InChI is InChI=1S/C13H14N4O3/c1-4-20-13(18)10-6-15-12-9(5-14)8(2)16-17(12)11(10)7-19-3/h6H,4,7H2,1-3H3. The van der Waals surface area contributed by atoms with Gasteiger partial charge in [-0.3, -0.25) is 0 Å². The first-order valence-electron chi connectivity index (χ1n) is 6.07. The Balaban J connectivity index is 2.70. The number of hydrogen-bond acceptors (Lipinski definition) is 6. The highest BCUT2D eigenvalue weighted by atomic mass is 16.5. The fourth-order valence-electron chi connectivity index (χ4n) is 1.92. The minimum absolute atomic E-state index is 0.166. The number of aryl methyl sites for hydroxylation is 1. The molecule has 2 heterocycles. The molecule has 0 fully saturated rings. The molecule has 0 saturated heterocycles. The predicted molar refractivity (Wildman–Crippen MR) is 69.1 cm³/mol. The number of ether oxygens (including phenoxy) is 2. The first kappa shape index (κ1) is 14.0. The maximum atomic E-state index is 11.9. The molecule has 2 rings (SSSR count). The van der Waals surface area contributed by atoms with E-state index in [0.29, 0.717) is 22.6 Å². The van der Waals surface area contributed by atoms with Gasteiger partial charge in [0.05, 0.1) is 24.6 Å². The monoisotopic (exact) mass is 274 g/mol. The van der Waals surface area contributed by atoms with E-state index in [2.05, 4.69) is 16.2 Å². The molecule has 104 valence electrons. The highest BCUT2D eigenvalue weighted by Gasteiger charge is 2.20. The largest absolute Gasteiger partial charge is 0.462 e. The van der Waals surface area contributed by atoms with Crippen molar-refractivity contribution in [3.05, 3.63) is 28.7 Å². The fraction of sp³-hybridized carbons (Fsp3) is 0.385. The third-order valence-corrected chi connectivity index (χ3v) is 2.81. The molecule has 0 unspecified atom stereocenters. The van der Waals surface area contributed by atoms with E-state index < -0.39 is 5.97 Å². The van der Waals surface area contributed by atoms with Crippen LogP contribution in [0.1, 0.15) is 34.2 Å². The molecule has 0 radical (unpaired) electrons. The summed E-state index contributed by atoms with van der Waals surface area (Å²) in [6, 6.07) is 2.06. The van der Waals surface area contributed by atoms with Crippen LogP contribution in [-0.4, -0.2) is 34.3 Å². The number of nitriles is 1. The minimum Gasteiger partial charge on any atom is -0.462 e. The second-order valence-corrected chi connectivity index (χ2v) is 4.08. The Labute approximate surface area is 115 Å². The first-order chi connectivity index (χ1) is 9.63. The average molecular weight is 274 g/mol. The normalized spacial score (nSPS) is 10.5. The van der Waals surface area contributed by atoms with E-state index in [0.717, 1.165) is 0 Å². The van der Waals surface area contributed by atoms with E-state index in [-0.39, 0.29) is 18.8 Å². The summed E-state index contributed by atoms with van der Waals surface area (Å²) in [5, 5.41) is 13.4. The maximum Gasteiger partial charge on any atom is 0.341 e. The zero-order valence-corrected chi connectivity index (χ0v) is 11.5. The molecule has 7 heteroatoms. The fourth-order valence-corrected chi connectivity index (χ4v) is 1.92. The zero-order valence-electron chi connectivity index (χ0n) is 11.5. The van der Waals surface area contributed by atoms with Gasteiger partial charge in [-0.05, 0) is 13.8 Å². The molecule has 20 heavy (non-hydrogen) atoms. The molecule has 0 spiro atoms. The summed E-state index contributed by atoms with van der Waals surface area (Å²) >= 11 is 0. The second kappa shape index (κ2) is 5.67. The van der Waals surface area contributed by atoms with Crippen LogP contribution in [0.25, 0.3) is 5.65 Å². The van der Waals surface area contributed by atoms with Crippen molar-refractivity contribution in [2.24, 2.45) is 0 Å². The lowest BCUT2D eigenvalue weighted by Gasteiger charge is -2.09. The Hall–Kier alpha value is -2.46. The number of fused-ring (bicyclic) bond motifs is 1. The van der Waals surface area contributed by atoms with Crippen molar-refractivity contribution in [3.8, 4) is 6.07 Å². The first-order valence-corrected chi connectivity index (χ1v) is 6.07. The van der Waals surface area contributed by atoms with Crippen LogP contribution in [0.5, 0.6) is 0 Å². The molecule has 2 aromatic rings. The molecule has 0 saturated carbocycles. The van der Waals surface area contributed by atoms with E-state index in [4.69, 9.17) is 14.7 Å². The molecule has 0 bridgehead atoms. The highest BCUT2D eigenvalue weighted by molar-refractivity contribution is 5.90. The lowest BCUT2D eigenvalue weighted by Crippen LogP contribution is -2.14. The molecule has 0 aliphatic carbocycles. The summed E-state index contributed by atoms with van der Waals surface area (Å²) < 4.78 is 11.6. The maximum absolute atomic E-state index is 11.9. The van der Waals surface area contributed by atoms with Gasteiger partial charge in [0.2, 0.25) is 0 Å². The molecule has 0 N–H and O–H groups in total. The molecular formula is C13H14N4O3. The lowest BCUT2D eigenvalue weighted by molar-refractivity contribution is 0.0519. The average Bonchev–Trinajstić information content (AvgIpc) is 2.75. The van der Waals surface area contributed by atoms with Gasteiger partial charge in [-0.1, -0.05) is 0 Å². The number of nitrogens with zero attached hydrogens (tertiary/aromatic N) is 4. The predicted octanol–water partition coefficient (Wildman–Crippen LogP) is 1.23. The second-order valence-electron chi connectivity index (χ2n) is 4.08. The molecule has 0 atom stereocenters. The van der Waals surface area contributed by atoms with Gasteiger partial charge in [-0.25, -0.2) is 14.3 Å². The molecule has 0 aliphatic heterocycles. The number of hydrogen-bond donors (Lipinski definition) is 0. The molecule has 7 nitrogen and oxygen atoms in total. The number of aromatic nitrogens is 3. The van der Waals surface area contributed by atoms with Gasteiger partial charge in [0.1, 0.15) is 17.2 Å². The van der Waals surface area contributed by atoms with Crippen molar-refractivity contribution in [2.45, 2.75) is 20.5 Å². The third kappa shape index (κ3) is 2.21. The summed E-state index contributed by atoms with van der Waals surface area (Å²) in [5.41, 5.74) is 2.15. The molecule has 0 aliphatic rings. The number of carbonyl (C=O) groups is 1. The van der Waals surface area contributed by atoms with E-state index in [1.54, 1.807) is 13.8 Å². The van der Waals surface area contributed by atoms with Crippen LogP contribution in [0.15, 0.2) is 6.20 Å². The SMILES string of the molecule is CCOC(=O)c1cnc2c(C#N)c(C)nn2c1COC. The lowest BCUT2D eigenvalue weighted by atomic mass is 10.2. The summed E-state index contributed by atoms with van der Waals surface area (Å²) in [6.45, 7) is 3.88. The number of esters is 1. The van der Waals surface area contributed by atoms with E-state index in [9.17, 15) is 4.79 Å². The highest BCUT2D eigenvalue weighted by Crippen LogP contribution is 2.18. The Morgan fingerprint density at radius 1 is 1.55 bits per heavy atom. The quantitative estimate of drug-likeness (QED) is 0.779. The van der Waals surface area contributed by atoms with E-state index in [1.807, 2.05) is 0 Å². The Morgan fingerprint density at radius 3 is 2.90 bits per heavy atom. The van der Waals surface area contributed by atoms with Gasteiger partial charge in [0, 0.05) is 13.3 Å².